The van der Waals surface area contributed by atoms with E-state index in [0.717, 1.165) is 21.4 Å². The van der Waals surface area contributed by atoms with Crippen LogP contribution in [0.4, 0.5) is 24.5 Å². The predicted octanol–water partition coefficient (Wildman–Crippen LogP) is 3.87. The lowest BCUT2D eigenvalue weighted by molar-refractivity contribution is -0.137. The molecule has 0 aliphatic carbocycles. The number of azo groups is 1. The Morgan fingerprint density at radius 1 is 1.09 bits per heavy atom. The van der Waals surface area contributed by atoms with Crippen LogP contribution in [0.25, 0.3) is 5.69 Å². The Balaban J connectivity index is 2.18. The van der Waals surface area contributed by atoms with Crippen LogP contribution in [0.1, 0.15) is 18.2 Å². The van der Waals surface area contributed by atoms with Crippen LogP contribution in [-0.4, -0.2) is 23.6 Å². The number of hydrogen-bond donors (Lipinski definition) is 1. The van der Waals surface area contributed by atoms with Gasteiger partial charge in [-0.2, -0.15) is 13.2 Å². The van der Waals surface area contributed by atoms with Crippen molar-refractivity contribution >= 4 is 23.6 Å². The molecule has 3 rings (SSSR count). The molecule has 0 atom stereocenters. The van der Waals surface area contributed by atoms with Gasteiger partial charge >= 0.3 is 6.18 Å². The maximum atomic E-state index is 13.1. The maximum absolute atomic E-state index is 13.1. The summed E-state index contributed by atoms with van der Waals surface area (Å²) in [5, 5.41) is 18.0. The van der Waals surface area contributed by atoms with Crippen molar-refractivity contribution in [2.75, 3.05) is 0 Å². The second-order valence-corrected chi connectivity index (χ2v) is 7.25. The van der Waals surface area contributed by atoms with E-state index in [1.54, 1.807) is 6.92 Å². The van der Waals surface area contributed by atoms with Gasteiger partial charge in [-0.3, -0.25) is 23.4 Å². The number of aromatic hydroxyl groups is 1. The van der Waals surface area contributed by atoms with E-state index >= 15 is 0 Å². The molecule has 0 saturated carbocycles. The number of nitrogens with zero attached hydrogens (tertiary/aromatic N) is 6. The highest BCUT2D eigenvalue weighted by atomic mass is 32.1. The third-order valence-electron chi connectivity index (χ3n) is 5.00. The van der Waals surface area contributed by atoms with Crippen molar-refractivity contribution in [1.82, 2.24) is 18.5 Å². The minimum Gasteiger partial charge on any atom is -0.493 e. The summed E-state index contributed by atoms with van der Waals surface area (Å²) < 4.78 is 44.0. The molecule has 0 radical (unpaired) electrons. The van der Waals surface area contributed by atoms with Gasteiger partial charge in [0, 0.05) is 20.6 Å². The molecule has 0 saturated heterocycles. The van der Waals surface area contributed by atoms with Gasteiger partial charge in [-0.1, -0.05) is 6.07 Å². The van der Waals surface area contributed by atoms with Crippen LogP contribution >= 0.6 is 12.2 Å². The molecule has 32 heavy (non-hydrogen) atoms. The molecule has 9 nitrogen and oxygen atoms in total. The van der Waals surface area contributed by atoms with Gasteiger partial charge in [-0.15, -0.1) is 10.2 Å². The highest BCUT2D eigenvalue weighted by Gasteiger charge is 2.31. The monoisotopic (exact) mass is 468 g/mol. The molecule has 1 aromatic carbocycles. The van der Waals surface area contributed by atoms with Crippen LogP contribution in [0.15, 0.2) is 44.1 Å². The summed E-state index contributed by atoms with van der Waals surface area (Å²) >= 11 is 5.11. The number of alkyl halides is 3. The maximum Gasteiger partial charge on any atom is 0.416 e. The molecule has 0 bridgehead atoms. The lowest BCUT2D eigenvalue weighted by Gasteiger charge is -2.11. The summed E-state index contributed by atoms with van der Waals surface area (Å²) in [6, 6.07) is 4.28. The minimum absolute atomic E-state index is 0.0186. The van der Waals surface area contributed by atoms with Crippen molar-refractivity contribution in [1.29, 1.82) is 0 Å². The fourth-order valence-electron chi connectivity index (χ4n) is 3.13. The first kappa shape index (κ1) is 23.2. The van der Waals surface area contributed by atoms with Gasteiger partial charge in [0.1, 0.15) is 0 Å². The largest absolute Gasteiger partial charge is 0.493 e. The molecule has 1 N–H and O–H groups in total. The molecule has 2 heterocycles. The number of aromatic nitrogens is 4. The fourth-order valence-corrected chi connectivity index (χ4v) is 3.43. The van der Waals surface area contributed by atoms with Crippen LogP contribution in [0, 0.1) is 11.7 Å². The fraction of sp³-hybridized carbons (Fsp3) is 0.316. The van der Waals surface area contributed by atoms with Gasteiger partial charge in [0.25, 0.3) is 11.1 Å². The smallest absolute Gasteiger partial charge is 0.416 e. The Morgan fingerprint density at radius 2 is 1.72 bits per heavy atom. The van der Waals surface area contributed by atoms with Crippen molar-refractivity contribution < 1.29 is 18.3 Å². The van der Waals surface area contributed by atoms with Gasteiger partial charge in [0.2, 0.25) is 11.6 Å². The number of benzene rings is 1. The van der Waals surface area contributed by atoms with Crippen molar-refractivity contribution in [2.24, 2.45) is 24.3 Å². The van der Waals surface area contributed by atoms with E-state index in [0.29, 0.717) is 0 Å². The molecular formula is C19H19F3N6O3S. The number of halogens is 3. The first-order valence-corrected chi connectivity index (χ1v) is 9.71. The van der Waals surface area contributed by atoms with Crippen LogP contribution in [0.3, 0.4) is 0 Å². The average molecular weight is 468 g/mol. The van der Waals surface area contributed by atoms with E-state index in [-0.39, 0.29) is 28.4 Å². The van der Waals surface area contributed by atoms with E-state index in [1.807, 2.05) is 0 Å². The normalized spacial score (nSPS) is 12.1. The quantitative estimate of drug-likeness (QED) is 0.464. The molecule has 0 unspecified atom stereocenters. The Hall–Kier alpha value is -3.48. The molecule has 0 aliphatic rings. The zero-order valence-electron chi connectivity index (χ0n) is 17.5. The van der Waals surface area contributed by atoms with Crippen LogP contribution in [0.2, 0.25) is 0 Å². The number of rotatable bonds is 4. The predicted molar refractivity (Wildman–Crippen MR) is 113 cm³/mol. The summed E-state index contributed by atoms with van der Waals surface area (Å²) in [6.07, 6.45) is -4.58. The average Bonchev–Trinajstić information content (AvgIpc) is 2.95. The molecule has 3 aromatic rings. The second kappa shape index (κ2) is 8.22. The SMILES string of the molecule is CCn1c(O)c(/N=N/c2c(C)n(C)n(-c3cccc(C(F)(F)F)c3)c2=O)c(=O)n(C)c1=S. The van der Waals surface area contributed by atoms with E-state index in [1.165, 1.54) is 42.4 Å². The van der Waals surface area contributed by atoms with Gasteiger partial charge in [0.05, 0.1) is 16.9 Å². The highest BCUT2D eigenvalue weighted by Crippen LogP contribution is 2.31. The first-order valence-electron chi connectivity index (χ1n) is 9.30. The van der Waals surface area contributed by atoms with Crippen molar-refractivity contribution in [3.63, 3.8) is 0 Å². The highest BCUT2D eigenvalue weighted by molar-refractivity contribution is 7.71. The third kappa shape index (κ3) is 3.79. The summed E-state index contributed by atoms with van der Waals surface area (Å²) in [5.74, 6) is -0.504. The topological polar surface area (TPSA) is 98.8 Å². The standard InChI is InChI=1S/C19H19F3N6O3S/c1-5-27-16(30)14(15(29)25(3)18(27)32)24-23-13-10(2)26(4)28(17(13)31)12-8-6-7-11(9-12)19(20,21)22/h6-9,30H,5H2,1-4H3/b24-23+. The Morgan fingerprint density at radius 3 is 2.31 bits per heavy atom. The summed E-state index contributed by atoms with van der Waals surface area (Å²) in [4.78, 5) is 25.4. The molecule has 13 heteroatoms. The zero-order chi connectivity index (χ0) is 24.0. The molecule has 2 aromatic heterocycles. The second-order valence-electron chi connectivity index (χ2n) is 6.89. The summed E-state index contributed by atoms with van der Waals surface area (Å²) in [7, 11) is 2.88. The Bertz CT molecular complexity index is 1410. The van der Waals surface area contributed by atoms with Crippen LogP contribution in [0.5, 0.6) is 5.88 Å². The van der Waals surface area contributed by atoms with Gasteiger partial charge in [-0.05, 0) is 44.3 Å². The lowest BCUT2D eigenvalue weighted by atomic mass is 10.2. The lowest BCUT2D eigenvalue weighted by Crippen LogP contribution is -2.22. The van der Waals surface area contributed by atoms with Crippen molar-refractivity contribution in [3.8, 4) is 11.6 Å². The van der Waals surface area contributed by atoms with Crippen LogP contribution < -0.4 is 11.1 Å². The molecule has 0 fully saturated rings. The molecule has 0 amide bonds. The number of hydrogen-bond acceptors (Lipinski definition) is 6. The third-order valence-corrected chi connectivity index (χ3v) is 5.49. The zero-order valence-corrected chi connectivity index (χ0v) is 18.3. The molecule has 170 valence electrons. The van der Waals surface area contributed by atoms with Crippen LogP contribution in [-0.2, 0) is 26.8 Å². The molecular weight excluding hydrogens is 449 g/mol. The van der Waals surface area contributed by atoms with Gasteiger partial charge in [-0.25, -0.2) is 4.68 Å². The summed E-state index contributed by atoms with van der Waals surface area (Å²) in [6.45, 7) is 3.49. The molecule has 0 aliphatic heterocycles. The van der Waals surface area contributed by atoms with Crippen molar-refractivity contribution in [3.05, 3.63) is 61.0 Å². The Labute approximate surface area is 184 Å². The summed E-state index contributed by atoms with van der Waals surface area (Å²) in [5.41, 5.74) is -2.72. The van der Waals surface area contributed by atoms with E-state index in [2.05, 4.69) is 10.2 Å². The van der Waals surface area contributed by atoms with E-state index in [9.17, 15) is 27.9 Å². The van der Waals surface area contributed by atoms with Gasteiger partial charge in [0.15, 0.2) is 10.5 Å². The van der Waals surface area contributed by atoms with E-state index < -0.39 is 34.4 Å². The van der Waals surface area contributed by atoms with Crippen molar-refractivity contribution in [2.45, 2.75) is 26.6 Å². The van der Waals surface area contributed by atoms with E-state index in [4.69, 9.17) is 12.2 Å². The first-order chi connectivity index (χ1) is 14.9. The Kier molecular flexibility index (Phi) is 5.96. The molecule has 0 spiro atoms. The minimum atomic E-state index is -4.58. The van der Waals surface area contributed by atoms with Gasteiger partial charge < -0.3 is 5.11 Å².